The zero-order valence-corrected chi connectivity index (χ0v) is 17.4. The highest BCUT2D eigenvalue weighted by Crippen LogP contribution is 2.26. The van der Waals surface area contributed by atoms with Crippen molar-refractivity contribution in [1.29, 1.82) is 0 Å². The smallest absolute Gasteiger partial charge is 0.410 e. The molecule has 156 valence electrons. The highest BCUT2D eigenvalue weighted by molar-refractivity contribution is 5.68. The van der Waals surface area contributed by atoms with Crippen LogP contribution >= 0.6 is 0 Å². The molecule has 10 heteroatoms. The summed E-state index contributed by atoms with van der Waals surface area (Å²) < 4.78 is 10.6. The van der Waals surface area contributed by atoms with Crippen LogP contribution in [0.1, 0.15) is 32.0 Å². The fraction of sp³-hybridized carbons (Fsp3) is 0.667. The van der Waals surface area contributed by atoms with E-state index in [-0.39, 0.29) is 12.6 Å². The number of hydrogen-bond acceptors (Lipinski definition) is 7. The van der Waals surface area contributed by atoms with Crippen LogP contribution < -0.4 is 9.64 Å². The molecule has 0 bridgehead atoms. The van der Waals surface area contributed by atoms with Crippen molar-refractivity contribution in [3.05, 3.63) is 11.3 Å². The van der Waals surface area contributed by atoms with Crippen molar-refractivity contribution in [2.75, 3.05) is 45.2 Å². The van der Waals surface area contributed by atoms with Gasteiger partial charge in [0.25, 0.3) is 0 Å². The Morgan fingerprint density at radius 2 is 1.79 bits per heavy atom. The summed E-state index contributed by atoms with van der Waals surface area (Å²) in [4.78, 5) is 37.2. The van der Waals surface area contributed by atoms with Crippen molar-refractivity contribution in [1.82, 2.24) is 19.8 Å². The lowest BCUT2D eigenvalue weighted by atomic mass is 10.1. The first-order chi connectivity index (χ1) is 13.0. The molecule has 1 aliphatic rings. The van der Waals surface area contributed by atoms with E-state index in [0.29, 0.717) is 37.7 Å². The third-order valence-corrected chi connectivity index (χ3v) is 4.30. The predicted octanol–water partition coefficient (Wildman–Crippen LogP) is 1.96. The first-order valence-electron chi connectivity index (χ1n) is 9.10. The van der Waals surface area contributed by atoms with Crippen LogP contribution in [0.4, 0.5) is 15.4 Å². The Labute approximate surface area is 165 Å². The number of rotatable bonds is 4. The fourth-order valence-electron chi connectivity index (χ4n) is 2.84. The van der Waals surface area contributed by atoms with E-state index in [9.17, 15) is 9.59 Å². The molecule has 1 aromatic rings. The van der Waals surface area contributed by atoms with E-state index in [1.807, 2.05) is 32.6 Å². The fourth-order valence-corrected chi connectivity index (χ4v) is 2.84. The molecule has 0 aliphatic carbocycles. The Kier molecular flexibility index (Phi) is 6.52. The second kappa shape index (κ2) is 8.49. The number of methoxy groups -OCH3 is 1. The summed E-state index contributed by atoms with van der Waals surface area (Å²) in [6.45, 7) is 9.28. The first-order valence-corrected chi connectivity index (χ1v) is 9.10. The summed E-state index contributed by atoms with van der Waals surface area (Å²) in [5.41, 5.74) is 0.878. The Balaban J connectivity index is 2.26. The van der Waals surface area contributed by atoms with Crippen molar-refractivity contribution in [3.8, 4) is 6.01 Å². The average Bonchev–Trinajstić information content (AvgIpc) is 2.61. The lowest BCUT2D eigenvalue weighted by Gasteiger charge is -2.35. The number of amides is 2. The van der Waals surface area contributed by atoms with E-state index in [2.05, 4.69) is 9.97 Å². The molecule has 28 heavy (non-hydrogen) atoms. The summed E-state index contributed by atoms with van der Waals surface area (Å²) in [7, 11) is 3.15. The van der Waals surface area contributed by atoms with Crippen LogP contribution in [0.3, 0.4) is 0 Å². The number of carbonyl (C=O) groups is 2. The highest BCUT2D eigenvalue weighted by Gasteiger charge is 2.27. The molecule has 0 radical (unpaired) electrons. The Morgan fingerprint density at radius 3 is 2.29 bits per heavy atom. The number of carboxylic acid groups (broad SMARTS) is 1. The van der Waals surface area contributed by atoms with Crippen LogP contribution in [-0.4, -0.2) is 83.0 Å². The maximum atomic E-state index is 12.4. The molecule has 0 aromatic carbocycles. The number of aromatic nitrogens is 2. The molecule has 1 N–H and O–H groups in total. The monoisotopic (exact) mass is 395 g/mol. The molecule has 1 fully saturated rings. The molecule has 1 saturated heterocycles. The SMILES string of the molecule is COc1nc(C)c(CN(C)C(=O)OC(C)(C)C)c(N2CCN(C(=O)O)CC2)n1. The Hall–Kier alpha value is -2.78. The number of piperazine rings is 1. The molecule has 1 aromatic heterocycles. The van der Waals surface area contributed by atoms with Gasteiger partial charge in [0, 0.05) is 38.8 Å². The van der Waals surface area contributed by atoms with Crippen LogP contribution in [-0.2, 0) is 11.3 Å². The minimum atomic E-state index is -0.930. The van der Waals surface area contributed by atoms with E-state index < -0.39 is 17.8 Å². The van der Waals surface area contributed by atoms with Crippen molar-refractivity contribution < 1.29 is 24.2 Å². The Morgan fingerprint density at radius 1 is 1.18 bits per heavy atom. The number of aryl methyl sites for hydroxylation is 1. The van der Waals surface area contributed by atoms with Crippen LogP contribution in [0, 0.1) is 6.92 Å². The van der Waals surface area contributed by atoms with Gasteiger partial charge in [0.2, 0.25) is 0 Å². The van der Waals surface area contributed by atoms with Gasteiger partial charge in [0.05, 0.1) is 19.3 Å². The quantitative estimate of drug-likeness (QED) is 0.824. The predicted molar refractivity (Wildman–Crippen MR) is 103 cm³/mol. The van der Waals surface area contributed by atoms with Gasteiger partial charge in [-0.15, -0.1) is 0 Å². The van der Waals surface area contributed by atoms with Gasteiger partial charge in [-0.05, 0) is 27.7 Å². The van der Waals surface area contributed by atoms with E-state index in [1.54, 1.807) is 7.05 Å². The second-order valence-electron chi connectivity index (χ2n) is 7.69. The van der Waals surface area contributed by atoms with Crippen molar-refractivity contribution in [2.24, 2.45) is 0 Å². The lowest BCUT2D eigenvalue weighted by molar-refractivity contribution is 0.0284. The summed E-state index contributed by atoms with van der Waals surface area (Å²) in [6, 6.07) is 0.233. The van der Waals surface area contributed by atoms with E-state index >= 15 is 0 Å². The average molecular weight is 395 g/mol. The zero-order chi connectivity index (χ0) is 21.1. The van der Waals surface area contributed by atoms with Gasteiger partial charge in [-0.2, -0.15) is 4.98 Å². The lowest BCUT2D eigenvalue weighted by Crippen LogP contribution is -2.49. The molecule has 10 nitrogen and oxygen atoms in total. The van der Waals surface area contributed by atoms with Gasteiger partial charge in [-0.3, -0.25) is 0 Å². The van der Waals surface area contributed by atoms with E-state index in [0.717, 1.165) is 5.56 Å². The van der Waals surface area contributed by atoms with Gasteiger partial charge >= 0.3 is 18.2 Å². The first kappa shape index (κ1) is 21.5. The summed E-state index contributed by atoms with van der Waals surface area (Å²) in [5, 5.41) is 9.15. The minimum absolute atomic E-state index is 0.233. The minimum Gasteiger partial charge on any atom is -0.467 e. The van der Waals surface area contributed by atoms with Crippen LogP contribution in [0.15, 0.2) is 0 Å². The van der Waals surface area contributed by atoms with E-state index in [1.165, 1.54) is 16.9 Å². The molecule has 1 aliphatic heterocycles. The summed E-state index contributed by atoms with van der Waals surface area (Å²) in [5.74, 6) is 0.643. The zero-order valence-electron chi connectivity index (χ0n) is 17.4. The number of carbonyl (C=O) groups excluding carboxylic acids is 1. The van der Waals surface area contributed by atoms with Gasteiger partial charge in [0.1, 0.15) is 11.4 Å². The standard InChI is InChI=1S/C18H29N5O5/c1-12-13(11-21(5)17(26)28-18(2,3)4)14(20-15(19-12)27-6)22-7-9-23(10-8-22)16(24)25/h7-11H2,1-6H3,(H,24,25). The maximum absolute atomic E-state index is 12.4. The van der Waals surface area contributed by atoms with Gasteiger partial charge < -0.3 is 29.3 Å². The third kappa shape index (κ3) is 5.37. The summed E-state index contributed by atoms with van der Waals surface area (Å²) >= 11 is 0. The molecule has 2 rings (SSSR count). The van der Waals surface area contributed by atoms with Gasteiger partial charge in [-0.25, -0.2) is 14.6 Å². The molecule has 2 amide bonds. The number of anilines is 1. The second-order valence-corrected chi connectivity index (χ2v) is 7.69. The van der Waals surface area contributed by atoms with Crippen LogP contribution in [0.2, 0.25) is 0 Å². The summed E-state index contributed by atoms with van der Waals surface area (Å²) in [6.07, 6.45) is -1.37. The molecule has 0 saturated carbocycles. The number of nitrogens with zero attached hydrogens (tertiary/aromatic N) is 5. The van der Waals surface area contributed by atoms with E-state index in [4.69, 9.17) is 14.6 Å². The largest absolute Gasteiger partial charge is 0.467 e. The molecule has 2 heterocycles. The van der Waals surface area contributed by atoms with Crippen molar-refractivity contribution >= 4 is 18.0 Å². The molecular formula is C18H29N5O5. The normalized spacial score (nSPS) is 14.6. The van der Waals surface area contributed by atoms with Crippen LogP contribution in [0.25, 0.3) is 0 Å². The maximum Gasteiger partial charge on any atom is 0.410 e. The Bertz CT molecular complexity index is 726. The molecule has 0 spiro atoms. The number of hydrogen-bond donors (Lipinski definition) is 1. The third-order valence-electron chi connectivity index (χ3n) is 4.30. The van der Waals surface area contributed by atoms with Gasteiger partial charge in [0.15, 0.2) is 0 Å². The molecule has 0 unspecified atom stereocenters. The highest BCUT2D eigenvalue weighted by atomic mass is 16.6. The van der Waals surface area contributed by atoms with Crippen LogP contribution in [0.5, 0.6) is 6.01 Å². The van der Waals surface area contributed by atoms with Crippen molar-refractivity contribution in [2.45, 2.75) is 39.8 Å². The number of ether oxygens (including phenoxy) is 2. The topological polar surface area (TPSA) is 108 Å². The molecule has 0 atom stereocenters. The van der Waals surface area contributed by atoms with Crippen molar-refractivity contribution in [3.63, 3.8) is 0 Å². The van der Waals surface area contributed by atoms with Gasteiger partial charge in [-0.1, -0.05) is 0 Å². The molecular weight excluding hydrogens is 366 g/mol.